The molecule has 1 unspecified atom stereocenters. The Kier molecular flexibility index (Phi) is 5.06. The number of ether oxygens (including phenoxy) is 4. The number of hydrogen-bond donors (Lipinski definition) is 1. The lowest BCUT2D eigenvalue weighted by atomic mass is 10.2. The number of benzene rings is 1. The van der Waals surface area contributed by atoms with Crippen molar-refractivity contribution in [1.82, 2.24) is 5.32 Å². The number of nitrogens with one attached hydrogen (secondary N) is 1. The van der Waals surface area contributed by atoms with Crippen molar-refractivity contribution in [3.05, 3.63) is 18.2 Å². The minimum atomic E-state index is -0.348. The maximum Gasteiger partial charge on any atom is 0.322 e. The van der Waals surface area contributed by atoms with Crippen molar-refractivity contribution in [3.8, 4) is 17.2 Å². The number of fused-ring (bicyclic) bond motifs is 1. The fourth-order valence-corrected chi connectivity index (χ4v) is 1.95. The molecular formula is C14H19NO5. The zero-order chi connectivity index (χ0) is 14.4. The molecule has 0 bridgehead atoms. The molecule has 0 aliphatic carbocycles. The summed E-state index contributed by atoms with van der Waals surface area (Å²) >= 11 is 0. The molecule has 0 aromatic heterocycles. The molecule has 0 saturated heterocycles. The fourth-order valence-electron chi connectivity index (χ4n) is 1.95. The Morgan fingerprint density at radius 1 is 1.40 bits per heavy atom. The monoisotopic (exact) mass is 281 g/mol. The van der Waals surface area contributed by atoms with Crippen LogP contribution in [-0.4, -0.2) is 39.1 Å². The third-order valence-electron chi connectivity index (χ3n) is 2.96. The summed E-state index contributed by atoms with van der Waals surface area (Å²) in [5, 5.41) is 3.06. The second-order valence-corrected chi connectivity index (χ2v) is 4.29. The van der Waals surface area contributed by atoms with Crippen LogP contribution in [0.3, 0.4) is 0 Å². The lowest BCUT2D eigenvalue weighted by molar-refractivity contribution is -0.143. The number of esters is 1. The number of methoxy groups -OCH3 is 1. The van der Waals surface area contributed by atoms with Gasteiger partial charge >= 0.3 is 5.97 Å². The zero-order valence-corrected chi connectivity index (χ0v) is 11.7. The predicted molar refractivity (Wildman–Crippen MR) is 72.2 cm³/mol. The Bertz CT molecular complexity index is 463. The molecule has 110 valence electrons. The van der Waals surface area contributed by atoms with Crippen molar-refractivity contribution < 1.29 is 23.7 Å². The average molecular weight is 281 g/mol. The first-order valence-corrected chi connectivity index (χ1v) is 6.58. The van der Waals surface area contributed by atoms with Crippen LogP contribution in [0.5, 0.6) is 17.2 Å². The molecule has 0 amide bonds. The second-order valence-electron chi connectivity index (χ2n) is 4.29. The van der Waals surface area contributed by atoms with Crippen molar-refractivity contribution >= 4 is 5.97 Å². The van der Waals surface area contributed by atoms with Gasteiger partial charge in [-0.2, -0.15) is 0 Å². The lowest BCUT2D eigenvalue weighted by Gasteiger charge is -2.15. The van der Waals surface area contributed by atoms with Crippen LogP contribution in [0.25, 0.3) is 0 Å². The van der Waals surface area contributed by atoms with Gasteiger partial charge in [-0.25, -0.2) is 0 Å². The first-order chi connectivity index (χ1) is 9.74. The van der Waals surface area contributed by atoms with Crippen LogP contribution >= 0.6 is 0 Å². The Morgan fingerprint density at radius 2 is 2.20 bits per heavy atom. The van der Waals surface area contributed by atoms with E-state index in [9.17, 15) is 4.79 Å². The van der Waals surface area contributed by atoms with E-state index in [1.807, 2.05) is 13.0 Å². The topological polar surface area (TPSA) is 66.0 Å². The van der Waals surface area contributed by atoms with Gasteiger partial charge in [-0.05, 0) is 18.7 Å². The molecule has 0 saturated carbocycles. The van der Waals surface area contributed by atoms with E-state index in [1.165, 1.54) is 7.11 Å². The SMILES string of the molecule is CCNC(CCOc1ccc2c(c1)OCO2)C(=O)OC. The van der Waals surface area contributed by atoms with Crippen LogP contribution in [0, 0.1) is 0 Å². The maximum absolute atomic E-state index is 11.5. The van der Waals surface area contributed by atoms with Gasteiger partial charge < -0.3 is 24.3 Å². The zero-order valence-electron chi connectivity index (χ0n) is 11.7. The van der Waals surface area contributed by atoms with Gasteiger partial charge in [0.1, 0.15) is 11.8 Å². The van der Waals surface area contributed by atoms with E-state index in [1.54, 1.807) is 12.1 Å². The molecule has 20 heavy (non-hydrogen) atoms. The number of hydrogen-bond acceptors (Lipinski definition) is 6. The van der Waals surface area contributed by atoms with Crippen molar-refractivity contribution in [2.75, 3.05) is 27.1 Å². The molecule has 1 aromatic rings. The molecule has 0 fully saturated rings. The first-order valence-electron chi connectivity index (χ1n) is 6.58. The predicted octanol–water partition coefficient (Wildman–Crippen LogP) is 1.34. The molecule has 1 aromatic carbocycles. The molecule has 0 radical (unpaired) electrons. The minimum Gasteiger partial charge on any atom is -0.493 e. The summed E-state index contributed by atoms with van der Waals surface area (Å²) < 4.78 is 20.9. The average Bonchev–Trinajstić information content (AvgIpc) is 2.93. The van der Waals surface area contributed by atoms with Gasteiger partial charge in [0.25, 0.3) is 0 Å². The van der Waals surface area contributed by atoms with Crippen LogP contribution in [-0.2, 0) is 9.53 Å². The normalized spacial score (nSPS) is 13.9. The largest absolute Gasteiger partial charge is 0.493 e. The Morgan fingerprint density at radius 3 is 2.95 bits per heavy atom. The first kappa shape index (κ1) is 14.5. The Hall–Kier alpha value is -1.95. The molecule has 0 spiro atoms. The summed E-state index contributed by atoms with van der Waals surface area (Å²) in [4.78, 5) is 11.5. The van der Waals surface area contributed by atoms with Crippen LogP contribution in [0.2, 0.25) is 0 Å². The van der Waals surface area contributed by atoms with E-state index < -0.39 is 0 Å². The molecule has 1 N–H and O–H groups in total. The van der Waals surface area contributed by atoms with Gasteiger partial charge in [-0.3, -0.25) is 4.79 Å². The van der Waals surface area contributed by atoms with Crippen molar-refractivity contribution in [2.24, 2.45) is 0 Å². The third-order valence-corrected chi connectivity index (χ3v) is 2.96. The van der Waals surface area contributed by atoms with Gasteiger partial charge in [0, 0.05) is 12.5 Å². The molecular weight excluding hydrogens is 262 g/mol. The van der Waals surface area contributed by atoms with E-state index in [2.05, 4.69) is 5.32 Å². The third kappa shape index (κ3) is 3.54. The maximum atomic E-state index is 11.5. The highest BCUT2D eigenvalue weighted by molar-refractivity contribution is 5.75. The van der Waals surface area contributed by atoms with E-state index in [0.29, 0.717) is 31.1 Å². The summed E-state index contributed by atoms with van der Waals surface area (Å²) in [6.45, 7) is 3.29. The Balaban J connectivity index is 1.83. The quantitative estimate of drug-likeness (QED) is 0.761. The van der Waals surface area contributed by atoms with Crippen LogP contribution in [0.1, 0.15) is 13.3 Å². The number of carbonyl (C=O) groups is 1. The Labute approximate surface area is 118 Å². The highest BCUT2D eigenvalue weighted by Gasteiger charge is 2.18. The molecule has 2 rings (SSSR count). The van der Waals surface area contributed by atoms with Gasteiger partial charge in [0.15, 0.2) is 11.5 Å². The summed E-state index contributed by atoms with van der Waals surface area (Å²) in [5.41, 5.74) is 0. The van der Waals surface area contributed by atoms with E-state index in [4.69, 9.17) is 18.9 Å². The fraction of sp³-hybridized carbons (Fsp3) is 0.500. The molecule has 1 atom stereocenters. The van der Waals surface area contributed by atoms with Crippen LogP contribution in [0.15, 0.2) is 18.2 Å². The standard InChI is InChI=1S/C14H19NO5/c1-3-15-11(14(16)17-2)6-7-18-10-4-5-12-13(8-10)20-9-19-12/h4-5,8,11,15H,3,6-7,9H2,1-2H3. The lowest BCUT2D eigenvalue weighted by Crippen LogP contribution is -2.38. The highest BCUT2D eigenvalue weighted by Crippen LogP contribution is 2.35. The molecule has 6 heteroatoms. The van der Waals surface area contributed by atoms with Crippen molar-refractivity contribution in [1.29, 1.82) is 0 Å². The van der Waals surface area contributed by atoms with Crippen LogP contribution < -0.4 is 19.5 Å². The summed E-state index contributed by atoms with van der Waals surface area (Å²) in [5.74, 6) is 1.81. The molecule has 6 nitrogen and oxygen atoms in total. The molecule has 1 heterocycles. The number of rotatable bonds is 7. The number of carbonyl (C=O) groups excluding carboxylic acids is 1. The molecule has 1 aliphatic rings. The van der Waals surface area contributed by atoms with Crippen molar-refractivity contribution in [2.45, 2.75) is 19.4 Å². The molecule has 1 aliphatic heterocycles. The van der Waals surface area contributed by atoms with E-state index in [0.717, 1.165) is 5.75 Å². The van der Waals surface area contributed by atoms with E-state index in [-0.39, 0.29) is 18.8 Å². The van der Waals surface area contributed by atoms with Crippen LogP contribution in [0.4, 0.5) is 0 Å². The van der Waals surface area contributed by atoms with Gasteiger partial charge in [-0.1, -0.05) is 6.92 Å². The van der Waals surface area contributed by atoms with E-state index >= 15 is 0 Å². The summed E-state index contributed by atoms with van der Waals surface area (Å²) in [7, 11) is 1.38. The van der Waals surface area contributed by atoms with Gasteiger partial charge in [0.2, 0.25) is 6.79 Å². The summed E-state index contributed by atoms with van der Waals surface area (Å²) in [6.07, 6.45) is 0.537. The number of likely N-dealkylation sites (N-methyl/N-ethyl adjacent to an activating group) is 1. The summed E-state index contributed by atoms with van der Waals surface area (Å²) in [6, 6.07) is 5.05. The second kappa shape index (κ2) is 7.00. The van der Waals surface area contributed by atoms with Gasteiger partial charge in [0.05, 0.1) is 13.7 Å². The highest BCUT2D eigenvalue weighted by atomic mass is 16.7. The van der Waals surface area contributed by atoms with Crippen molar-refractivity contribution in [3.63, 3.8) is 0 Å². The van der Waals surface area contributed by atoms with Gasteiger partial charge in [-0.15, -0.1) is 0 Å². The smallest absolute Gasteiger partial charge is 0.322 e. The minimum absolute atomic E-state index is 0.240.